The predicted molar refractivity (Wildman–Crippen MR) is 105 cm³/mol. The van der Waals surface area contributed by atoms with Crippen molar-refractivity contribution < 1.29 is 29.0 Å². The zero-order valence-corrected chi connectivity index (χ0v) is 16.3. The minimum Gasteiger partial charge on any atom is -0.478 e. The molecule has 3 rings (SSSR count). The van der Waals surface area contributed by atoms with Gasteiger partial charge in [-0.15, -0.1) is 0 Å². The molecule has 152 valence electrons. The van der Waals surface area contributed by atoms with Gasteiger partial charge < -0.3 is 19.9 Å². The monoisotopic (exact) mass is 397 g/mol. The number of nitrogens with one attached hydrogen (secondary N) is 1. The summed E-state index contributed by atoms with van der Waals surface area (Å²) in [6.07, 6.45) is -1.98. The van der Waals surface area contributed by atoms with Gasteiger partial charge in [0.15, 0.2) is 0 Å². The fourth-order valence-corrected chi connectivity index (χ4v) is 3.59. The Morgan fingerprint density at radius 2 is 1.59 bits per heavy atom. The van der Waals surface area contributed by atoms with Crippen molar-refractivity contribution >= 4 is 18.0 Å². The van der Waals surface area contributed by atoms with E-state index in [-0.39, 0.29) is 19.1 Å². The molecule has 0 saturated heterocycles. The summed E-state index contributed by atoms with van der Waals surface area (Å²) in [6.45, 7) is 2.88. The van der Waals surface area contributed by atoms with Crippen LogP contribution in [0.4, 0.5) is 4.79 Å². The number of ether oxygens (including phenoxy) is 2. The minimum atomic E-state index is -1.33. The molecule has 1 aliphatic rings. The van der Waals surface area contributed by atoms with Crippen molar-refractivity contribution in [2.75, 3.05) is 13.2 Å². The number of carbonyl (C=O) groups excluding carboxylic acids is 2. The Balaban J connectivity index is 1.59. The highest BCUT2D eigenvalue weighted by molar-refractivity contribution is 5.79. The summed E-state index contributed by atoms with van der Waals surface area (Å²) in [6, 6.07) is 16.0. The van der Waals surface area contributed by atoms with Gasteiger partial charge in [0, 0.05) is 25.3 Å². The maximum Gasteiger partial charge on any atom is 0.407 e. The molecule has 0 fully saturated rings. The number of benzene rings is 2. The third kappa shape index (κ3) is 4.56. The molecule has 2 aromatic carbocycles. The summed E-state index contributed by atoms with van der Waals surface area (Å²) in [5.41, 5.74) is 4.49. The molecular formula is C22H23NO6. The van der Waals surface area contributed by atoms with Gasteiger partial charge in [-0.25, -0.2) is 9.59 Å². The summed E-state index contributed by atoms with van der Waals surface area (Å²) in [7, 11) is 0. The zero-order valence-electron chi connectivity index (χ0n) is 16.3. The largest absolute Gasteiger partial charge is 0.478 e. The molecule has 2 atom stereocenters. The van der Waals surface area contributed by atoms with Crippen LogP contribution < -0.4 is 5.32 Å². The third-order valence-electron chi connectivity index (χ3n) is 4.97. The summed E-state index contributed by atoms with van der Waals surface area (Å²) >= 11 is 0. The Labute approximate surface area is 168 Å². The highest BCUT2D eigenvalue weighted by atomic mass is 16.6. The van der Waals surface area contributed by atoms with E-state index < -0.39 is 30.1 Å². The van der Waals surface area contributed by atoms with E-state index >= 15 is 0 Å². The average Bonchev–Trinajstić information content (AvgIpc) is 3.02. The third-order valence-corrected chi connectivity index (χ3v) is 4.97. The Morgan fingerprint density at radius 1 is 1.03 bits per heavy atom. The van der Waals surface area contributed by atoms with E-state index in [1.807, 2.05) is 36.4 Å². The highest BCUT2D eigenvalue weighted by Crippen LogP contribution is 2.44. The Kier molecular flexibility index (Phi) is 6.16. The Morgan fingerprint density at radius 3 is 2.10 bits per heavy atom. The van der Waals surface area contributed by atoms with E-state index in [1.54, 1.807) is 6.92 Å². The zero-order chi connectivity index (χ0) is 21.0. The maximum atomic E-state index is 12.2. The molecule has 2 aromatic rings. The number of fused-ring (bicyclic) bond motifs is 3. The lowest BCUT2D eigenvalue weighted by atomic mass is 9.98. The van der Waals surface area contributed by atoms with Crippen LogP contribution in [-0.2, 0) is 19.1 Å². The molecule has 2 N–H and O–H groups in total. The summed E-state index contributed by atoms with van der Waals surface area (Å²) in [5.74, 6) is -2.62. The van der Waals surface area contributed by atoms with Gasteiger partial charge in [-0.3, -0.25) is 4.79 Å². The Hall–Kier alpha value is -3.35. The molecule has 0 saturated carbocycles. The van der Waals surface area contributed by atoms with Crippen LogP contribution in [0, 0.1) is 5.92 Å². The predicted octanol–water partition coefficient (Wildman–Crippen LogP) is 3.18. The molecule has 0 aromatic heterocycles. The van der Waals surface area contributed by atoms with Crippen molar-refractivity contribution in [2.24, 2.45) is 5.92 Å². The maximum absolute atomic E-state index is 12.2. The van der Waals surface area contributed by atoms with Crippen molar-refractivity contribution in [2.45, 2.75) is 25.9 Å². The van der Waals surface area contributed by atoms with Gasteiger partial charge >= 0.3 is 18.0 Å². The first-order chi connectivity index (χ1) is 13.9. The number of carbonyl (C=O) groups is 3. The van der Waals surface area contributed by atoms with Crippen LogP contribution >= 0.6 is 0 Å². The van der Waals surface area contributed by atoms with E-state index in [1.165, 1.54) is 0 Å². The first-order valence-electron chi connectivity index (χ1n) is 9.37. The summed E-state index contributed by atoms with van der Waals surface area (Å²) in [4.78, 5) is 34.4. The van der Waals surface area contributed by atoms with Gasteiger partial charge in [0.2, 0.25) is 6.10 Å². The van der Waals surface area contributed by atoms with Crippen LogP contribution in [0.15, 0.2) is 48.5 Å². The number of rotatable bonds is 7. The molecule has 0 unspecified atom stereocenters. The molecule has 7 nitrogen and oxygen atoms in total. The fraction of sp³-hybridized carbons (Fsp3) is 0.318. The van der Waals surface area contributed by atoms with E-state index in [0.29, 0.717) is 0 Å². The molecule has 0 spiro atoms. The molecule has 0 radical (unpaired) electrons. The number of hydrogen-bond acceptors (Lipinski definition) is 5. The fourth-order valence-electron chi connectivity index (χ4n) is 3.59. The Bertz CT molecular complexity index is 880. The number of aliphatic carboxylic acids is 1. The molecule has 0 bridgehead atoms. The van der Waals surface area contributed by atoms with Crippen molar-refractivity contribution in [3.63, 3.8) is 0 Å². The van der Waals surface area contributed by atoms with E-state index in [0.717, 1.165) is 29.2 Å². The molecule has 7 heteroatoms. The van der Waals surface area contributed by atoms with E-state index in [4.69, 9.17) is 14.6 Å². The first kappa shape index (κ1) is 20.4. The SMILES string of the molecule is CC(=O)O[C@H](C(=O)O)[C@H](C)CNC(=O)OCC1c2ccccc2-c2ccccc21. The molecule has 29 heavy (non-hydrogen) atoms. The summed E-state index contributed by atoms with van der Waals surface area (Å²) in [5, 5.41) is 11.7. The number of carboxylic acids is 1. The topological polar surface area (TPSA) is 102 Å². The van der Waals surface area contributed by atoms with E-state index in [9.17, 15) is 14.4 Å². The lowest BCUT2D eigenvalue weighted by molar-refractivity contribution is -0.165. The molecule has 1 amide bonds. The van der Waals surface area contributed by atoms with Crippen LogP contribution in [0.1, 0.15) is 30.9 Å². The van der Waals surface area contributed by atoms with Gasteiger partial charge in [-0.05, 0) is 22.3 Å². The van der Waals surface area contributed by atoms with E-state index in [2.05, 4.69) is 17.4 Å². The molecule has 1 aliphatic carbocycles. The standard InChI is InChI=1S/C22H23NO6/c1-13(20(21(25)26)29-14(2)24)11-23-22(27)28-12-19-17-9-5-3-7-15(17)16-8-4-6-10-18(16)19/h3-10,13,19-20H,11-12H2,1-2H3,(H,23,27)(H,25,26)/t13-,20+/m1/s1. The second-order valence-corrected chi connectivity index (χ2v) is 7.05. The van der Waals surface area contributed by atoms with Crippen LogP contribution in [0.5, 0.6) is 0 Å². The smallest absolute Gasteiger partial charge is 0.407 e. The number of amides is 1. The van der Waals surface area contributed by atoms with Crippen LogP contribution in [-0.4, -0.2) is 42.4 Å². The summed E-state index contributed by atoms with van der Waals surface area (Å²) < 4.78 is 10.2. The second kappa shape index (κ2) is 8.77. The van der Waals surface area contributed by atoms with Crippen LogP contribution in [0.25, 0.3) is 11.1 Å². The normalized spacial score (nSPS) is 14.3. The van der Waals surface area contributed by atoms with Gasteiger partial charge in [0.25, 0.3) is 0 Å². The van der Waals surface area contributed by atoms with Crippen molar-refractivity contribution in [1.82, 2.24) is 5.32 Å². The minimum absolute atomic E-state index is 0.000913. The second-order valence-electron chi connectivity index (χ2n) is 7.05. The lowest BCUT2D eigenvalue weighted by Crippen LogP contribution is -2.40. The number of alkyl carbamates (subject to hydrolysis) is 1. The lowest BCUT2D eigenvalue weighted by Gasteiger charge is -2.20. The number of carboxylic acid groups (broad SMARTS) is 1. The van der Waals surface area contributed by atoms with Crippen molar-refractivity contribution in [3.8, 4) is 11.1 Å². The number of hydrogen-bond donors (Lipinski definition) is 2. The van der Waals surface area contributed by atoms with Gasteiger partial charge in [-0.1, -0.05) is 55.5 Å². The highest BCUT2D eigenvalue weighted by Gasteiger charge is 2.30. The van der Waals surface area contributed by atoms with Gasteiger partial charge in [0.1, 0.15) is 6.61 Å². The molecular weight excluding hydrogens is 374 g/mol. The van der Waals surface area contributed by atoms with Crippen molar-refractivity contribution in [1.29, 1.82) is 0 Å². The molecule has 0 aliphatic heterocycles. The van der Waals surface area contributed by atoms with Crippen molar-refractivity contribution in [3.05, 3.63) is 59.7 Å². The van der Waals surface area contributed by atoms with Crippen LogP contribution in [0.2, 0.25) is 0 Å². The van der Waals surface area contributed by atoms with Crippen LogP contribution in [0.3, 0.4) is 0 Å². The first-order valence-corrected chi connectivity index (χ1v) is 9.37. The average molecular weight is 397 g/mol. The quantitative estimate of drug-likeness (QED) is 0.696. The molecule has 0 heterocycles. The van der Waals surface area contributed by atoms with Gasteiger partial charge in [-0.2, -0.15) is 0 Å². The van der Waals surface area contributed by atoms with Gasteiger partial charge in [0.05, 0.1) is 0 Å². The number of esters is 1.